The van der Waals surface area contributed by atoms with Crippen LogP contribution in [0.1, 0.15) is 52.9 Å². The van der Waals surface area contributed by atoms with Crippen molar-refractivity contribution in [1.82, 2.24) is 24.8 Å². The van der Waals surface area contributed by atoms with Gasteiger partial charge in [0.05, 0.1) is 24.6 Å². The summed E-state index contributed by atoms with van der Waals surface area (Å²) < 4.78 is 42.9. The first-order valence-electron chi connectivity index (χ1n) is 13.5. The maximum absolute atomic E-state index is 15.2. The molecule has 0 bridgehead atoms. The molecule has 10 nitrogen and oxygen atoms in total. The largest absolute Gasteiger partial charge is 0.444 e. The number of alkyl halides is 1. The van der Waals surface area contributed by atoms with Crippen LogP contribution in [0.15, 0.2) is 6.20 Å². The van der Waals surface area contributed by atoms with Crippen LogP contribution in [0.4, 0.5) is 19.4 Å². The van der Waals surface area contributed by atoms with Crippen molar-refractivity contribution >= 4 is 40.1 Å². The quantitative estimate of drug-likeness (QED) is 0.368. The van der Waals surface area contributed by atoms with Crippen LogP contribution in [0, 0.1) is 17.1 Å². The van der Waals surface area contributed by atoms with E-state index in [0.717, 1.165) is 25.1 Å². The lowest BCUT2D eigenvalue weighted by Crippen LogP contribution is -2.43. The Hall–Kier alpha value is -3.17. The second-order valence-electron chi connectivity index (χ2n) is 11.6. The minimum absolute atomic E-state index is 0.0693. The first-order valence-corrected chi connectivity index (χ1v) is 13.9. The van der Waals surface area contributed by atoms with Gasteiger partial charge in [-0.15, -0.1) is 0 Å². The molecule has 0 aliphatic carbocycles. The summed E-state index contributed by atoms with van der Waals surface area (Å²) in [5.74, 6) is -0.514. The summed E-state index contributed by atoms with van der Waals surface area (Å²) in [7, 11) is 0. The fourth-order valence-corrected chi connectivity index (χ4v) is 5.98. The van der Waals surface area contributed by atoms with Gasteiger partial charge < -0.3 is 14.4 Å². The average Bonchev–Trinajstić information content (AvgIpc) is 3.59. The van der Waals surface area contributed by atoms with Crippen LogP contribution in [0.2, 0.25) is 5.15 Å². The third-order valence-electron chi connectivity index (χ3n) is 7.61. The van der Waals surface area contributed by atoms with E-state index < -0.39 is 29.2 Å². The van der Waals surface area contributed by atoms with Crippen LogP contribution in [0.3, 0.4) is 0 Å². The van der Waals surface area contributed by atoms with Gasteiger partial charge in [0.25, 0.3) is 0 Å². The standard InChI is InChI=1S/C27H33ClF2N7O3/c1-26(2,3)40-25(38)35-11-6-18(15-35)37(10-5-8-31)23-19-13-32-22(28)20(30)21(19)33-24(34-23)39-16-27-7-4-9-36(27)14-17(29)12-27/h13,17H,4-7,9-12,14-16H2,1-3H3/q+1/t17-,27+/m1/s1. The van der Waals surface area contributed by atoms with Crippen LogP contribution in [-0.4, -0.2) is 97.8 Å². The molecule has 40 heavy (non-hydrogen) atoms. The Morgan fingerprint density at radius 3 is 2.90 bits per heavy atom. The molecule has 1 amide bonds. The fourth-order valence-electron chi connectivity index (χ4n) is 5.84. The van der Waals surface area contributed by atoms with Crippen molar-refractivity contribution in [1.29, 1.82) is 5.26 Å². The van der Waals surface area contributed by atoms with Gasteiger partial charge in [0.15, 0.2) is 11.0 Å². The molecule has 5 rings (SSSR count). The lowest BCUT2D eigenvalue weighted by molar-refractivity contribution is -0.443. The van der Waals surface area contributed by atoms with E-state index >= 15 is 4.39 Å². The number of fused-ring (bicyclic) bond motifs is 2. The monoisotopic (exact) mass is 576 g/mol. The van der Waals surface area contributed by atoms with Gasteiger partial charge in [-0.3, -0.25) is 4.90 Å². The lowest BCUT2D eigenvalue weighted by Gasteiger charge is -2.30. The van der Waals surface area contributed by atoms with Gasteiger partial charge in [-0.1, -0.05) is 11.6 Å². The molecule has 2 atom stereocenters. The Bertz CT molecular complexity index is 1390. The van der Waals surface area contributed by atoms with E-state index in [1.165, 1.54) is 6.20 Å². The van der Waals surface area contributed by atoms with Gasteiger partial charge in [-0.05, 0) is 40.2 Å². The zero-order chi connectivity index (χ0) is 28.7. The number of halogens is 3. The maximum atomic E-state index is 15.2. The third kappa shape index (κ3) is 5.67. The molecule has 2 aromatic heterocycles. The average molecular weight is 577 g/mol. The molecular formula is C27H33ClF2N7O3+. The van der Waals surface area contributed by atoms with Crippen molar-refractivity contribution in [3.63, 3.8) is 0 Å². The molecule has 0 N–H and O–H groups in total. The van der Waals surface area contributed by atoms with Gasteiger partial charge in [0.1, 0.15) is 41.5 Å². The van der Waals surface area contributed by atoms with Crippen LogP contribution in [0.25, 0.3) is 10.9 Å². The van der Waals surface area contributed by atoms with Crippen molar-refractivity contribution in [3.05, 3.63) is 17.2 Å². The number of pyridine rings is 1. The Labute approximate surface area is 236 Å². The maximum Gasteiger partial charge on any atom is 0.434 e. The van der Waals surface area contributed by atoms with E-state index in [-0.39, 0.29) is 42.8 Å². The number of hydrogen-bond acceptors (Lipinski definition) is 8. The Kier molecular flexibility index (Phi) is 7.81. The number of carbonyl (C=O) groups is 1. The van der Waals surface area contributed by atoms with Gasteiger partial charge in [0.2, 0.25) is 0 Å². The molecule has 0 unspecified atom stereocenters. The third-order valence-corrected chi connectivity index (χ3v) is 7.88. The van der Waals surface area contributed by atoms with E-state index in [0.29, 0.717) is 37.1 Å². The summed E-state index contributed by atoms with van der Waals surface area (Å²) in [4.78, 5) is 29.4. The number of ether oxygens (including phenoxy) is 2. The number of nitriles is 1. The Balaban J connectivity index is 1.53. The number of hydrogen-bond donors (Lipinski definition) is 0. The fraction of sp³-hybridized carbons (Fsp3) is 0.630. The van der Waals surface area contributed by atoms with Crippen molar-refractivity contribution in [2.75, 3.05) is 39.3 Å². The molecule has 2 aromatic rings. The number of likely N-dealkylation sites (tertiary alicyclic amines) is 1. The molecule has 0 radical (unpaired) electrons. The number of carbonyl (C=O) groups excluding carboxylic acids is 1. The Morgan fingerprint density at radius 1 is 1.35 bits per heavy atom. The minimum atomic E-state index is -0.924. The van der Waals surface area contributed by atoms with Crippen LogP contribution < -0.4 is 4.74 Å². The topological polar surface area (TPSA) is 107 Å². The first kappa shape index (κ1) is 28.4. The molecule has 5 heterocycles. The summed E-state index contributed by atoms with van der Waals surface area (Å²) >= 11 is 6.00. The number of amides is 1. The van der Waals surface area contributed by atoms with Crippen molar-refractivity contribution in [2.24, 2.45) is 0 Å². The smallest absolute Gasteiger partial charge is 0.434 e. The first-order chi connectivity index (χ1) is 19.0. The molecule has 214 valence electrons. The molecular weight excluding hydrogens is 544 g/mol. The predicted octanol–water partition coefficient (Wildman–Crippen LogP) is 4.41. The highest BCUT2D eigenvalue weighted by molar-refractivity contribution is 6.30. The molecule has 0 saturated carbocycles. The van der Waals surface area contributed by atoms with Crippen molar-refractivity contribution in [2.45, 2.75) is 70.2 Å². The Morgan fingerprint density at radius 2 is 2.15 bits per heavy atom. The van der Waals surface area contributed by atoms with Gasteiger partial charge in [-0.25, -0.2) is 23.1 Å². The molecule has 3 aliphatic rings. The summed E-state index contributed by atoms with van der Waals surface area (Å²) in [6, 6.07) is 2.07. The van der Waals surface area contributed by atoms with Crippen LogP contribution in [-0.2, 0) is 4.74 Å². The molecule has 0 aromatic carbocycles. The second-order valence-corrected chi connectivity index (χ2v) is 12.0. The number of nitrogens with zero attached hydrogens (tertiary/aromatic N) is 7. The van der Waals surface area contributed by atoms with Gasteiger partial charge in [-0.2, -0.15) is 10.2 Å². The number of rotatable bonds is 6. The summed E-state index contributed by atoms with van der Waals surface area (Å²) in [5, 5.41) is 9.33. The predicted molar refractivity (Wildman–Crippen MR) is 143 cm³/mol. The van der Waals surface area contributed by atoms with E-state index in [9.17, 15) is 14.4 Å². The van der Waals surface area contributed by atoms with E-state index in [4.69, 9.17) is 21.1 Å². The zero-order valence-corrected chi connectivity index (χ0v) is 23.7. The van der Waals surface area contributed by atoms with Crippen molar-refractivity contribution < 1.29 is 27.6 Å². The summed E-state index contributed by atoms with van der Waals surface area (Å²) in [6.07, 6.45) is 2.79. The summed E-state index contributed by atoms with van der Waals surface area (Å²) in [5.41, 5.74) is -0.353. The van der Waals surface area contributed by atoms with Crippen LogP contribution in [0.5, 0.6) is 6.01 Å². The van der Waals surface area contributed by atoms with Crippen molar-refractivity contribution in [3.8, 4) is 12.1 Å². The molecule has 3 saturated heterocycles. The summed E-state index contributed by atoms with van der Waals surface area (Å²) in [6.45, 7) is 7.66. The highest BCUT2D eigenvalue weighted by atomic mass is 35.5. The second kappa shape index (κ2) is 11.0. The van der Waals surface area contributed by atoms with Gasteiger partial charge >= 0.3 is 17.9 Å². The highest BCUT2D eigenvalue weighted by Crippen LogP contribution is 2.40. The van der Waals surface area contributed by atoms with Gasteiger partial charge in [0, 0.05) is 37.1 Å². The normalized spacial score (nSPS) is 24.3. The molecule has 0 spiro atoms. The molecule has 13 heteroatoms. The van der Waals surface area contributed by atoms with E-state index in [1.807, 2.05) is 0 Å². The zero-order valence-electron chi connectivity index (χ0n) is 22.9. The number of aromatic nitrogens is 3. The van der Waals surface area contributed by atoms with E-state index in [1.54, 1.807) is 30.2 Å². The minimum Gasteiger partial charge on any atom is -0.444 e. The van der Waals surface area contributed by atoms with E-state index in [2.05, 4.69) is 25.9 Å². The highest BCUT2D eigenvalue weighted by Gasteiger charge is 2.49. The SMILES string of the molecule is CC(C)(C)OC(=O)N1CCC(=[N+](CCC#N)c2nc(OC[C@@]34CCCN3C[C@H](F)C4)nc3c(F)c(Cl)ncc23)C1. The lowest BCUT2D eigenvalue weighted by atomic mass is 9.95. The molecule has 3 aliphatic heterocycles. The van der Waals surface area contributed by atoms with Crippen LogP contribution >= 0.6 is 11.6 Å². The molecule has 3 fully saturated rings.